The molecule has 1 fully saturated rings. The molecule has 1 aliphatic rings. The van der Waals surface area contributed by atoms with Crippen molar-refractivity contribution in [2.45, 2.75) is 18.7 Å². The van der Waals surface area contributed by atoms with Crippen molar-refractivity contribution in [3.8, 4) is 0 Å². The third kappa shape index (κ3) is 2.79. The molecule has 0 radical (unpaired) electrons. The molecule has 112 valence electrons. The number of aliphatic hydroxyl groups is 1. The van der Waals surface area contributed by atoms with Gasteiger partial charge in [0.2, 0.25) is 0 Å². The molecule has 2 unspecified atom stereocenters. The van der Waals surface area contributed by atoms with Crippen molar-refractivity contribution >= 4 is 0 Å². The zero-order valence-electron chi connectivity index (χ0n) is 10.6. The van der Waals surface area contributed by atoms with Crippen molar-refractivity contribution in [1.82, 2.24) is 0 Å². The molecule has 2 rings (SSSR count). The van der Waals surface area contributed by atoms with Crippen LogP contribution in [-0.2, 0) is 10.9 Å². The van der Waals surface area contributed by atoms with Gasteiger partial charge in [-0.2, -0.15) is 13.2 Å². The predicted octanol–water partition coefficient (Wildman–Crippen LogP) is 2.24. The molecular formula is C13H15F4NO2. The fourth-order valence-corrected chi connectivity index (χ4v) is 2.40. The Morgan fingerprint density at radius 2 is 2.05 bits per heavy atom. The molecule has 1 aliphatic heterocycles. The molecule has 1 aromatic rings. The zero-order chi connectivity index (χ0) is 15.0. The standard InChI is InChI=1S/C13H15F4NO2/c14-10-4-8(3-9(5-10)13(15,16)17)11(19)12(6-18)1-2-20-7-12/h3-5,11,19H,1-2,6-7,18H2. The summed E-state index contributed by atoms with van der Waals surface area (Å²) in [5.74, 6) is -1.04. The molecule has 3 nitrogen and oxygen atoms in total. The highest BCUT2D eigenvalue weighted by molar-refractivity contribution is 5.29. The van der Waals surface area contributed by atoms with Crippen LogP contribution in [0.25, 0.3) is 0 Å². The number of ether oxygens (including phenoxy) is 1. The fraction of sp³-hybridized carbons (Fsp3) is 0.538. The van der Waals surface area contributed by atoms with Crippen LogP contribution in [0.5, 0.6) is 0 Å². The molecule has 0 bridgehead atoms. The molecule has 0 saturated carbocycles. The number of aliphatic hydroxyl groups excluding tert-OH is 1. The number of rotatable bonds is 3. The summed E-state index contributed by atoms with van der Waals surface area (Å²) in [6.07, 6.45) is -5.55. The lowest BCUT2D eigenvalue weighted by Crippen LogP contribution is -2.37. The topological polar surface area (TPSA) is 55.5 Å². The van der Waals surface area contributed by atoms with Gasteiger partial charge in [0.15, 0.2) is 0 Å². The number of nitrogens with two attached hydrogens (primary N) is 1. The Morgan fingerprint density at radius 1 is 1.35 bits per heavy atom. The quantitative estimate of drug-likeness (QED) is 0.840. The smallest absolute Gasteiger partial charge is 0.388 e. The highest BCUT2D eigenvalue weighted by atomic mass is 19.4. The first-order valence-corrected chi connectivity index (χ1v) is 6.12. The highest BCUT2D eigenvalue weighted by Crippen LogP contribution is 2.41. The van der Waals surface area contributed by atoms with E-state index in [1.165, 1.54) is 0 Å². The monoisotopic (exact) mass is 293 g/mol. The third-order valence-electron chi connectivity index (χ3n) is 3.68. The molecule has 7 heteroatoms. The number of alkyl halides is 3. The number of hydrogen-bond donors (Lipinski definition) is 2. The van der Waals surface area contributed by atoms with Crippen LogP contribution in [-0.4, -0.2) is 24.9 Å². The van der Waals surface area contributed by atoms with Crippen LogP contribution in [0.2, 0.25) is 0 Å². The van der Waals surface area contributed by atoms with E-state index in [0.717, 1.165) is 12.1 Å². The van der Waals surface area contributed by atoms with Crippen LogP contribution in [0.4, 0.5) is 17.6 Å². The lowest BCUT2D eigenvalue weighted by molar-refractivity contribution is -0.137. The Labute approximate surface area is 113 Å². The van der Waals surface area contributed by atoms with Crippen molar-refractivity contribution in [3.63, 3.8) is 0 Å². The second kappa shape index (κ2) is 5.31. The van der Waals surface area contributed by atoms with Gasteiger partial charge >= 0.3 is 6.18 Å². The SMILES string of the molecule is NCC1(C(O)c2cc(F)cc(C(F)(F)F)c2)CCOC1. The van der Waals surface area contributed by atoms with Gasteiger partial charge in [-0.25, -0.2) is 4.39 Å². The van der Waals surface area contributed by atoms with E-state index < -0.39 is 29.1 Å². The number of benzene rings is 1. The van der Waals surface area contributed by atoms with E-state index in [1.54, 1.807) is 0 Å². The van der Waals surface area contributed by atoms with Gasteiger partial charge in [-0.15, -0.1) is 0 Å². The molecule has 0 spiro atoms. The summed E-state index contributed by atoms with van der Waals surface area (Å²) in [5.41, 5.74) is 3.49. The average molecular weight is 293 g/mol. The molecular weight excluding hydrogens is 278 g/mol. The summed E-state index contributed by atoms with van der Waals surface area (Å²) in [6, 6.07) is 2.05. The van der Waals surface area contributed by atoms with Gasteiger partial charge in [0.1, 0.15) is 5.82 Å². The van der Waals surface area contributed by atoms with E-state index in [1.807, 2.05) is 0 Å². The second-order valence-corrected chi connectivity index (χ2v) is 5.04. The Bertz CT molecular complexity index is 484. The van der Waals surface area contributed by atoms with Gasteiger partial charge in [-0.05, 0) is 30.2 Å². The zero-order valence-corrected chi connectivity index (χ0v) is 10.6. The molecule has 1 saturated heterocycles. The maximum atomic E-state index is 13.4. The summed E-state index contributed by atoms with van der Waals surface area (Å²) in [4.78, 5) is 0. The van der Waals surface area contributed by atoms with Crippen molar-refractivity contribution in [2.24, 2.45) is 11.1 Å². The van der Waals surface area contributed by atoms with E-state index >= 15 is 0 Å². The minimum atomic E-state index is -4.67. The first-order valence-electron chi connectivity index (χ1n) is 6.12. The average Bonchev–Trinajstić information content (AvgIpc) is 2.86. The molecule has 1 heterocycles. The predicted molar refractivity (Wildman–Crippen MR) is 63.3 cm³/mol. The first-order chi connectivity index (χ1) is 9.28. The van der Waals surface area contributed by atoms with Crippen molar-refractivity contribution < 1.29 is 27.4 Å². The molecule has 0 aliphatic carbocycles. The summed E-state index contributed by atoms with van der Waals surface area (Å²) in [7, 11) is 0. The van der Waals surface area contributed by atoms with Crippen molar-refractivity contribution in [3.05, 3.63) is 35.1 Å². The van der Waals surface area contributed by atoms with E-state index in [2.05, 4.69) is 0 Å². The van der Waals surface area contributed by atoms with Crippen LogP contribution >= 0.6 is 0 Å². The Hall–Kier alpha value is -1.18. The molecule has 1 aromatic carbocycles. The summed E-state index contributed by atoms with van der Waals surface area (Å²) >= 11 is 0. The van der Waals surface area contributed by atoms with Gasteiger partial charge in [-0.1, -0.05) is 0 Å². The number of hydrogen-bond acceptors (Lipinski definition) is 3. The largest absolute Gasteiger partial charge is 0.416 e. The van der Waals surface area contributed by atoms with E-state index in [9.17, 15) is 22.7 Å². The minimum absolute atomic E-state index is 0.0476. The summed E-state index contributed by atoms with van der Waals surface area (Å²) < 4.78 is 56.5. The van der Waals surface area contributed by atoms with Gasteiger partial charge in [0.05, 0.1) is 18.3 Å². The lowest BCUT2D eigenvalue weighted by atomic mass is 9.78. The minimum Gasteiger partial charge on any atom is -0.388 e. The van der Waals surface area contributed by atoms with E-state index in [0.29, 0.717) is 19.1 Å². The Balaban J connectivity index is 2.39. The van der Waals surface area contributed by atoms with Crippen LogP contribution in [0.15, 0.2) is 18.2 Å². The Kier molecular flexibility index (Phi) is 4.04. The maximum Gasteiger partial charge on any atom is 0.416 e. The van der Waals surface area contributed by atoms with Crippen molar-refractivity contribution in [2.75, 3.05) is 19.8 Å². The molecule has 3 N–H and O–H groups in total. The highest BCUT2D eigenvalue weighted by Gasteiger charge is 2.42. The van der Waals surface area contributed by atoms with Crippen LogP contribution in [0.3, 0.4) is 0 Å². The fourth-order valence-electron chi connectivity index (χ4n) is 2.40. The molecule has 20 heavy (non-hydrogen) atoms. The van der Waals surface area contributed by atoms with E-state index in [4.69, 9.17) is 10.5 Å². The van der Waals surface area contributed by atoms with Crippen LogP contribution in [0, 0.1) is 11.2 Å². The maximum absolute atomic E-state index is 13.4. The third-order valence-corrected chi connectivity index (χ3v) is 3.68. The van der Waals surface area contributed by atoms with Gasteiger partial charge < -0.3 is 15.6 Å². The first kappa shape index (κ1) is 15.2. The second-order valence-electron chi connectivity index (χ2n) is 5.04. The molecule has 0 aromatic heterocycles. The number of halogens is 4. The summed E-state index contributed by atoms with van der Waals surface area (Å²) in [5, 5.41) is 10.3. The van der Waals surface area contributed by atoms with Gasteiger partial charge in [0.25, 0.3) is 0 Å². The van der Waals surface area contributed by atoms with Gasteiger partial charge in [-0.3, -0.25) is 0 Å². The lowest BCUT2D eigenvalue weighted by Gasteiger charge is -2.32. The van der Waals surface area contributed by atoms with Gasteiger partial charge in [0, 0.05) is 18.6 Å². The van der Waals surface area contributed by atoms with Crippen LogP contribution in [0.1, 0.15) is 23.7 Å². The normalized spacial score (nSPS) is 24.9. The summed E-state index contributed by atoms with van der Waals surface area (Å²) in [6.45, 7) is 0.560. The van der Waals surface area contributed by atoms with E-state index in [-0.39, 0.29) is 18.7 Å². The molecule has 0 amide bonds. The Morgan fingerprint density at radius 3 is 2.55 bits per heavy atom. The van der Waals surface area contributed by atoms with Crippen LogP contribution < -0.4 is 5.73 Å². The van der Waals surface area contributed by atoms with Crippen molar-refractivity contribution in [1.29, 1.82) is 0 Å². The molecule has 2 atom stereocenters.